The Morgan fingerprint density at radius 1 is 1.13 bits per heavy atom. The molecule has 0 spiro atoms. The molecule has 1 aromatic heterocycles. The van der Waals surface area contributed by atoms with Crippen molar-refractivity contribution < 1.29 is 13.6 Å². The predicted octanol–water partition coefficient (Wildman–Crippen LogP) is 3.23. The van der Waals surface area contributed by atoms with Gasteiger partial charge < -0.3 is 10.7 Å². The van der Waals surface area contributed by atoms with E-state index in [1.807, 2.05) is 0 Å². The molecular weight excluding hydrogens is 428 g/mol. The van der Waals surface area contributed by atoms with Crippen LogP contribution < -0.4 is 5.84 Å². The van der Waals surface area contributed by atoms with Gasteiger partial charge in [-0.2, -0.15) is 0 Å². The molecule has 1 amide bonds. The Balaban J connectivity index is 1.41. The fraction of sp³-hybridized carbons (Fsp3) is 0.250. The molecule has 10 heteroatoms. The van der Waals surface area contributed by atoms with E-state index in [0.717, 1.165) is 17.5 Å². The first-order chi connectivity index (χ1) is 14.5. The van der Waals surface area contributed by atoms with Crippen molar-refractivity contribution in [3.8, 4) is 0 Å². The Morgan fingerprint density at radius 3 is 2.63 bits per heavy atom. The van der Waals surface area contributed by atoms with E-state index in [1.54, 1.807) is 53.1 Å². The monoisotopic (exact) mass is 447 g/mol. The third kappa shape index (κ3) is 4.29. The first-order valence-electron chi connectivity index (χ1n) is 9.25. The van der Waals surface area contributed by atoms with Crippen molar-refractivity contribution >= 4 is 29.4 Å². The normalized spacial score (nSPS) is 16.2. The van der Waals surface area contributed by atoms with Crippen molar-refractivity contribution in [2.75, 3.05) is 23.9 Å². The van der Waals surface area contributed by atoms with Crippen molar-refractivity contribution in [2.45, 2.75) is 17.0 Å². The summed E-state index contributed by atoms with van der Waals surface area (Å²) < 4.78 is 29.3. The maximum Gasteiger partial charge on any atom is 0.234 e. The van der Waals surface area contributed by atoms with E-state index in [1.165, 1.54) is 16.8 Å². The second-order valence-corrected chi connectivity index (χ2v) is 8.79. The Labute approximate surface area is 180 Å². The van der Waals surface area contributed by atoms with Crippen LogP contribution in [0.15, 0.2) is 53.7 Å². The molecule has 30 heavy (non-hydrogen) atoms. The summed E-state index contributed by atoms with van der Waals surface area (Å²) in [4.78, 5) is 14.5. The number of carbonyl (C=O) groups excluding carboxylic acids is 1. The van der Waals surface area contributed by atoms with Gasteiger partial charge in [0.2, 0.25) is 11.1 Å². The number of nitrogens with zero attached hydrogens (tertiary/aromatic N) is 4. The molecule has 6 nitrogen and oxygen atoms in total. The highest BCUT2D eigenvalue weighted by molar-refractivity contribution is 8.00. The summed E-state index contributed by atoms with van der Waals surface area (Å²) >= 11 is 2.70. The van der Waals surface area contributed by atoms with E-state index in [4.69, 9.17) is 5.84 Å². The molecule has 2 aromatic carbocycles. The van der Waals surface area contributed by atoms with Gasteiger partial charge in [-0.15, -0.1) is 22.0 Å². The quantitative estimate of drug-likeness (QED) is 0.462. The number of amides is 1. The van der Waals surface area contributed by atoms with Crippen LogP contribution in [0.2, 0.25) is 0 Å². The zero-order chi connectivity index (χ0) is 21.1. The summed E-state index contributed by atoms with van der Waals surface area (Å²) in [6.07, 6.45) is 0.197. The van der Waals surface area contributed by atoms with Gasteiger partial charge in [0, 0.05) is 24.3 Å². The van der Waals surface area contributed by atoms with Crippen LogP contribution in [0.1, 0.15) is 22.3 Å². The number of aromatic nitrogens is 3. The molecule has 1 atom stereocenters. The van der Waals surface area contributed by atoms with Gasteiger partial charge in [0.05, 0.1) is 5.75 Å². The van der Waals surface area contributed by atoms with Gasteiger partial charge in [-0.3, -0.25) is 4.79 Å². The lowest BCUT2D eigenvalue weighted by molar-refractivity contribution is -0.128. The lowest BCUT2D eigenvalue weighted by Gasteiger charge is -2.24. The molecule has 2 heterocycles. The molecule has 0 bridgehead atoms. The molecule has 2 N–H and O–H groups in total. The minimum absolute atomic E-state index is 0.0978. The van der Waals surface area contributed by atoms with E-state index >= 15 is 0 Å². The van der Waals surface area contributed by atoms with Crippen LogP contribution in [0.25, 0.3) is 0 Å². The van der Waals surface area contributed by atoms with Gasteiger partial charge >= 0.3 is 0 Å². The maximum atomic E-state index is 14.2. The van der Waals surface area contributed by atoms with E-state index in [2.05, 4.69) is 10.2 Å². The SMILES string of the molecule is Nn1c(Cc2ccccc2F)nnc1SCC(=O)N1CCS[C@H]1c1ccccc1F. The summed E-state index contributed by atoms with van der Waals surface area (Å²) in [6, 6.07) is 12.9. The molecule has 1 saturated heterocycles. The molecule has 0 radical (unpaired) electrons. The molecule has 156 valence electrons. The number of thioether (sulfide) groups is 2. The molecule has 3 aromatic rings. The maximum absolute atomic E-state index is 14.2. The highest BCUT2D eigenvalue weighted by Crippen LogP contribution is 2.39. The highest BCUT2D eigenvalue weighted by Gasteiger charge is 2.32. The fourth-order valence-corrected chi connectivity index (χ4v) is 5.27. The first kappa shape index (κ1) is 20.7. The van der Waals surface area contributed by atoms with Crippen molar-refractivity contribution in [1.29, 1.82) is 0 Å². The second-order valence-electron chi connectivity index (χ2n) is 6.66. The van der Waals surface area contributed by atoms with Gasteiger partial charge in [-0.05, 0) is 17.7 Å². The lowest BCUT2D eigenvalue weighted by Crippen LogP contribution is -2.32. The molecule has 0 unspecified atom stereocenters. The number of rotatable bonds is 6. The Hall–Kier alpha value is -2.59. The third-order valence-corrected chi connectivity index (χ3v) is 6.92. The average Bonchev–Trinajstić information content (AvgIpc) is 3.36. The summed E-state index contributed by atoms with van der Waals surface area (Å²) in [6.45, 7) is 0.552. The van der Waals surface area contributed by atoms with Gasteiger partial charge in [0.25, 0.3) is 0 Å². The minimum atomic E-state index is -0.341. The largest absolute Gasteiger partial charge is 0.336 e. The number of nitrogens with two attached hydrogens (primary N) is 1. The highest BCUT2D eigenvalue weighted by atomic mass is 32.2. The van der Waals surface area contributed by atoms with Crippen LogP contribution in [0.3, 0.4) is 0 Å². The molecule has 1 aliphatic rings. The number of halogens is 2. The Morgan fingerprint density at radius 2 is 1.87 bits per heavy atom. The first-order valence-corrected chi connectivity index (χ1v) is 11.3. The van der Waals surface area contributed by atoms with E-state index in [-0.39, 0.29) is 35.1 Å². The zero-order valence-corrected chi connectivity index (χ0v) is 17.5. The van der Waals surface area contributed by atoms with Gasteiger partial charge in [-0.25, -0.2) is 13.5 Å². The Kier molecular flexibility index (Phi) is 6.24. The number of hydrogen-bond acceptors (Lipinski definition) is 6. The van der Waals surface area contributed by atoms with Crippen molar-refractivity contribution in [3.05, 3.63) is 77.1 Å². The molecular formula is C20H19F2N5OS2. The van der Waals surface area contributed by atoms with Crippen molar-refractivity contribution in [1.82, 2.24) is 19.8 Å². The standard InChI is InChI=1S/C20H19F2N5OS2/c21-15-7-3-1-5-13(15)11-17-24-25-20(27(17)23)30-12-18(28)26-9-10-29-19(26)14-6-2-4-8-16(14)22/h1-8,19H,9-12,23H2/t19-/m0/s1. The van der Waals surface area contributed by atoms with Gasteiger partial charge in [-0.1, -0.05) is 48.2 Å². The van der Waals surface area contributed by atoms with Crippen LogP contribution in [0.5, 0.6) is 0 Å². The van der Waals surface area contributed by atoms with E-state index < -0.39 is 0 Å². The number of benzene rings is 2. The number of hydrogen-bond donors (Lipinski definition) is 1. The number of nitrogen functional groups attached to an aromatic ring is 1. The van der Waals surface area contributed by atoms with E-state index in [9.17, 15) is 13.6 Å². The predicted molar refractivity (Wildman–Crippen MR) is 113 cm³/mol. The van der Waals surface area contributed by atoms with Crippen LogP contribution >= 0.6 is 23.5 Å². The van der Waals surface area contributed by atoms with Crippen LogP contribution in [-0.2, 0) is 11.2 Å². The molecule has 0 aliphatic carbocycles. The zero-order valence-electron chi connectivity index (χ0n) is 15.9. The van der Waals surface area contributed by atoms with Gasteiger partial charge in [0.1, 0.15) is 17.0 Å². The summed E-state index contributed by atoms with van der Waals surface area (Å²) in [5.74, 6) is 6.51. The van der Waals surface area contributed by atoms with E-state index in [0.29, 0.717) is 28.7 Å². The van der Waals surface area contributed by atoms with Crippen LogP contribution in [0.4, 0.5) is 8.78 Å². The Bertz CT molecular complexity index is 1060. The van der Waals surface area contributed by atoms with Crippen molar-refractivity contribution in [3.63, 3.8) is 0 Å². The lowest BCUT2D eigenvalue weighted by atomic mass is 10.1. The van der Waals surface area contributed by atoms with Crippen LogP contribution in [0, 0.1) is 11.6 Å². The third-order valence-electron chi connectivity index (χ3n) is 4.75. The summed E-state index contributed by atoms with van der Waals surface area (Å²) in [5, 5.41) is 8.07. The summed E-state index contributed by atoms with van der Waals surface area (Å²) in [5.41, 5.74) is 0.971. The fourth-order valence-electron chi connectivity index (χ4n) is 3.21. The minimum Gasteiger partial charge on any atom is -0.336 e. The summed E-state index contributed by atoms with van der Waals surface area (Å²) in [7, 11) is 0. The smallest absolute Gasteiger partial charge is 0.234 e. The topological polar surface area (TPSA) is 77.0 Å². The molecule has 1 fully saturated rings. The molecule has 1 aliphatic heterocycles. The van der Waals surface area contributed by atoms with Gasteiger partial charge in [0.15, 0.2) is 5.82 Å². The molecule has 4 rings (SSSR count). The average molecular weight is 448 g/mol. The van der Waals surface area contributed by atoms with Crippen LogP contribution in [-0.4, -0.2) is 43.7 Å². The number of carbonyl (C=O) groups is 1. The second kappa shape index (κ2) is 9.05. The molecule has 0 saturated carbocycles. The van der Waals surface area contributed by atoms with Crippen molar-refractivity contribution in [2.24, 2.45) is 0 Å².